The van der Waals surface area contributed by atoms with Crippen LogP contribution in [0.3, 0.4) is 0 Å². The molecule has 3 aromatic rings. The maximum absolute atomic E-state index is 12.9. The minimum absolute atomic E-state index is 0.123. The Kier molecular flexibility index (Phi) is 8.70. The van der Waals surface area contributed by atoms with E-state index in [0.29, 0.717) is 18.7 Å². The van der Waals surface area contributed by atoms with Crippen LogP contribution < -0.4 is 14.8 Å². The molecule has 0 atom stereocenters. The fraction of sp³-hybridized carbons (Fsp3) is 0.321. The van der Waals surface area contributed by atoms with Gasteiger partial charge in [0, 0.05) is 17.6 Å². The highest BCUT2D eigenvalue weighted by molar-refractivity contribution is 7.89. The highest BCUT2D eigenvalue weighted by Crippen LogP contribution is 2.26. The van der Waals surface area contributed by atoms with Crippen molar-refractivity contribution in [2.45, 2.75) is 52.0 Å². The van der Waals surface area contributed by atoms with Crippen LogP contribution in [-0.4, -0.2) is 20.9 Å². The first-order valence-electron chi connectivity index (χ1n) is 11.7. The summed E-state index contributed by atoms with van der Waals surface area (Å²) in [6.45, 7) is 8.58. The van der Waals surface area contributed by atoms with Crippen LogP contribution in [0.1, 0.15) is 43.4 Å². The van der Waals surface area contributed by atoms with Gasteiger partial charge in [0.15, 0.2) is 0 Å². The van der Waals surface area contributed by atoms with Crippen LogP contribution in [0.15, 0.2) is 77.7 Å². The number of nitrogens with one attached hydrogen (secondary N) is 2. The minimum Gasteiger partial charge on any atom is -0.493 e. The molecule has 1 amide bonds. The minimum atomic E-state index is -3.65. The van der Waals surface area contributed by atoms with Gasteiger partial charge in [0.1, 0.15) is 5.75 Å². The fourth-order valence-corrected chi connectivity index (χ4v) is 4.57. The molecule has 35 heavy (non-hydrogen) atoms. The topological polar surface area (TPSA) is 84.5 Å². The van der Waals surface area contributed by atoms with Crippen LogP contribution in [0.5, 0.6) is 5.75 Å². The number of sulfonamides is 1. The summed E-state index contributed by atoms with van der Waals surface area (Å²) in [5.74, 6) is 0.752. The van der Waals surface area contributed by atoms with Gasteiger partial charge in [0.25, 0.3) is 0 Å². The number of amides is 1. The van der Waals surface area contributed by atoms with Crippen molar-refractivity contribution in [2.24, 2.45) is 5.41 Å². The van der Waals surface area contributed by atoms with Gasteiger partial charge in [-0.3, -0.25) is 4.79 Å². The van der Waals surface area contributed by atoms with Crippen molar-refractivity contribution in [2.75, 3.05) is 11.9 Å². The molecular formula is C28H34N2O4S. The van der Waals surface area contributed by atoms with E-state index in [1.165, 1.54) is 12.1 Å². The Bertz CT molecular complexity index is 1240. The molecule has 0 aromatic heterocycles. The Balaban J connectivity index is 1.50. The van der Waals surface area contributed by atoms with Gasteiger partial charge in [-0.15, -0.1) is 0 Å². The maximum Gasteiger partial charge on any atom is 0.240 e. The van der Waals surface area contributed by atoms with E-state index in [9.17, 15) is 13.2 Å². The zero-order valence-corrected chi connectivity index (χ0v) is 21.6. The molecule has 0 aliphatic rings. The molecule has 7 heteroatoms. The van der Waals surface area contributed by atoms with Gasteiger partial charge in [-0.2, -0.15) is 0 Å². The highest BCUT2D eigenvalue weighted by Gasteiger charge is 2.27. The molecule has 3 aromatic carbocycles. The number of hydrogen-bond acceptors (Lipinski definition) is 4. The van der Waals surface area contributed by atoms with Crippen molar-refractivity contribution >= 4 is 21.6 Å². The molecule has 0 bridgehead atoms. The Morgan fingerprint density at radius 2 is 1.63 bits per heavy atom. The molecule has 6 nitrogen and oxygen atoms in total. The highest BCUT2D eigenvalue weighted by atomic mass is 32.2. The molecule has 3 rings (SSSR count). The molecule has 0 radical (unpaired) electrons. The van der Waals surface area contributed by atoms with E-state index in [1.54, 1.807) is 12.1 Å². The van der Waals surface area contributed by atoms with Crippen molar-refractivity contribution in [3.8, 4) is 5.75 Å². The molecule has 0 saturated heterocycles. The van der Waals surface area contributed by atoms with Gasteiger partial charge < -0.3 is 10.1 Å². The third-order valence-electron chi connectivity index (χ3n) is 5.89. The first-order chi connectivity index (χ1) is 16.6. The SMILES string of the molecule is Cc1ccc(C)c(OCCCC(C)(C)C(=O)Nc2ccc(S(=O)(=O)NCc3ccccc3)cc2)c1. The first kappa shape index (κ1) is 26.4. The van der Waals surface area contributed by atoms with E-state index in [-0.39, 0.29) is 17.3 Å². The van der Waals surface area contributed by atoms with Crippen LogP contribution >= 0.6 is 0 Å². The second-order valence-corrected chi connectivity index (χ2v) is 11.2. The van der Waals surface area contributed by atoms with Crippen molar-refractivity contribution in [3.63, 3.8) is 0 Å². The summed E-state index contributed by atoms with van der Waals surface area (Å²) in [5, 5.41) is 2.90. The van der Waals surface area contributed by atoms with Gasteiger partial charge in [0.2, 0.25) is 15.9 Å². The van der Waals surface area contributed by atoms with Crippen LogP contribution in [0.25, 0.3) is 0 Å². The third-order valence-corrected chi connectivity index (χ3v) is 7.31. The summed E-state index contributed by atoms with van der Waals surface area (Å²) >= 11 is 0. The molecule has 2 N–H and O–H groups in total. The average Bonchev–Trinajstić information content (AvgIpc) is 2.83. The zero-order chi connectivity index (χ0) is 25.5. The summed E-state index contributed by atoms with van der Waals surface area (Å²) in [6, 6.07) is 21.6. The van der Waals surface area contributed by atoms with E-state index in [0.717, 1.165) is 28.9 Å². The zero-order valence-electron chi connectivity index (χ0n) is 20.8. The van der Waals surface area contributed by atoms with Crippen LogP contribution in [-0.2, 0) is 21.4 Å². The molecule has 0 saturated carbocycles. The van der Waals surface area contributed by atoms with Crippen molar-refractivity contribution in [1.82, 2.24) is 4.72 Å². The van der Waals surface area contributed by atoms with Crippen LogP contribution in [0, 0.1) is 19.3 Å². The lowest BCUT2D eigenvalue weighted by Crippen LogP contribution is -2.31. The molecule has 186 valence electrons. The Morgan fingerprint density at radius 3 is 2.31 bits per heavy atom. The molecule has 0 unspecified atom stereocenters. The van der Waals surface area contributed by atoms with Crippen LogP contribution in [0.4, 0.5) is 5.69 Å². The fourth-order valence-electron chi connectivity index (χ4n) is 3.55. The summed E-state index contributed by atoms with van der Waals surface area (Å²) in [6.07, 6.45) is 1.39. The van der Waals surface area contributed by atoms with E-state index in [1.807, 2.05) is 70.2 Å². The molecule has 0 heterocycles. The van der Waals surface area contributed by atoms with E-state index < -0.39 is 15.4 Å². The second kappa shape index (κ2) is 11.5. The smallest absolute Gasteiger partial charge is 0.240 e. The van der Waals surface area contributed by atoms with E-state index in [2.05, 4.69) is 16.1 Å². The maximum atomic E-state index is 12.9. The predicted molar refractivity (Wildman–Crippen MR) is 140 cm³/mol. The van der Waals surface area contributed by atoms with E-state index >= 15 is 0 Å². The van der Waals surface area contributed by atoms with E-state index in [4.69, 9.17) is 4.74 Å². The number of anilines is 1. The van der Waals surface area contributed by atoms with Gasteiger partial charge in [-0.25, -0.2) is 13.1 Å². The third kappa shape index (κ3) is 7.67. The van der Waals surface area contributed by atoms with Gasteiger partial charge in [0.05, 0.1) is 11.5 Å². The van der Waals surface area contributed by atoms with Gasteiger partial charge in [-0.05, 0) is 73.7 Å². The molecule has 0 spiro atoms. The lowest BCUT2D eigenvalue weighted by atomic mass is 9.87. The standard InChI is InChI=1S/C28H34N2O4S/c1-21-11-12-22(2)26(19-21)34-18-8-17-28(3,4)27(31)30-24-13-15-25(16-14-24)35(32,33)29-20-23-9-6-5-7-10-23/h5-7,9-16,19,29H,8,17-18,20H2,1-4H3,(H,30,31). The summed E-state index contributed by atoms with van der Waals surface area (Å²) in [7, 11) is -3.65. The van der Waals surface area contributed by atoms with Gasteiger partial charge in [-0.1, -0.05) is 56.3 Å². The van der Waals surface area contributed by atoms with Crippen molar-refractivity contribution in [3.05, 3.63) is 89.5 Å². The number of hydrogen-bond donors (Lipinski definition) is 2. The summed E-state index contributed by atoms with van der Waals surface area (Å²) in [4.78, 5) is 13.0. The van der Waals surface area contributed by atoms with Crippen molar-refractivity contribution in [1.29, 1.82) is 0 Å². The Morgan fingerprint density at radius 1 is 0.943 bits per heavy atom. The number of aryl methyl sites for hydroxylation is 2. The Hall–Kier alpha value is -3.16. The molecule has 0 aliphatic heterocycles. The van der Waals surface area contributed by atoms with Crippen LogP contribution in [0.2, 0.25) is 0 Å². The lowest BCUT2D eigenvalue weighted by molar-refractivity contribution is -0.124. The number of rotatable bonds is 11. The van der Waals surface area contributed by atoms with Gasteiger partial charge >= 0.3 is 0 Å². The predicted octanol–water partition coefficient (Wildman–Crippen LogP) is 5.61. The lowest BCUT2D eigenvalue weighted by Gasteiger charge is -2.24. The average molecular weight is 495 g/mol. The summed E-state index contributed by atoms with van der Waals surface area (Å²) < 4.78 is 33.7. The molecule has 0 aliphatic carbocycles. The molecule has 0 fully saturated rings. The molecular weight excluding hydrogens is 460 g/mol. The second-order valence-electron chi connectivity index (χ2n) is 9.39. The number of benzene rings is 3. The van der Waals surface area contributed by atoms with Crippen molar-refractivity contribution < 1.29 is 17.9 Å². The number of carbonyl (C=O) groups is 1. The largest absolute Gasteiger partial charge is 0.493 e. The quantitative estimate of drug-likeness (QED) is 0.340. The first-order valence-corrected chi connectivity index (χ1v) is 13.2. The monoisotopic (exact) mass is 494 g/mol. The number of ether oxygens (including phenoxy) is 1. The normalized spacial score (nSPS) is 11.8. The Labute approximate surface area is 208 Å². The number of carbonyl (C=O) groups excluding carboxylic acids is 1. The summed E-state index contributed by atoms with van der Waals surface area (Å²) in [5.41, 5.74) is 3.07.